The minimum atomic E-state index is -0.0227. The number of nitrogen functional groups attached to an aromatic ring is 1. The van der Waals surface area contributed by atoms with Crippen LogP contribution in [0.4, 0.5) is 5.82 Å². The quantitative estimate of drug-likeness (QED) is 0.426. The summed E-state index contributed by atoms with van der Waals surface area (Å²) < 4.78 is 1.99. The van der Waals surface area contributed by atoms with E-state index in [1.54, 1.807) is 12.4 Å². The maximum atomic E-state index is 5.76. The van der Waals surface area contributed by atoms with Gasteiger partial charge in [-0.3, -0.25) is 16.4 Å². The van der Waals surface area contributed by atoms with E-state index < -0.39 is 0 Å². The second kappa shape index (κ2) is 4.98. The van der Waals surface area contributed by atoms with Gasteiger partial charge in [0.25, 0.3) is 0 Å². The Morgan fingerprint density at radius 2 is 2.41 bits per heavy atom. The minimum absolute atomic E-state index is 0.0227. The summed E-state index contributed by atoms with van der Waals surface area (Å²) in [5, 5.41) is 6.59. The summed E-state index contributed by atoms with van der Waals surface area (Å²) >= 11 is 0. The minimum Gasteiger partial charge on any atom is -0.384 e. The zero-order chi connectivity index (χ0) is 12.3. The van der Waals surface area contributed by atoms with Crippen LogP contribution >= 0.6 is 0 Å². The monoisotopic (exact) mass is 235 g/mol. The van der Waals surface area contributed by atoms with Gasteiger partial charge in [0.15, 0.2) is 0 Å². The van der Waals surface area contributed by atoms with E-state index in [2.05, 4.69) is 20.6 Å². The number of H-pyrrole nitrogens is 1. The fourth-order valence-corrected chi connectivity index (χ4v) is 1.82. The van der Waals surface area contributed by atoms with Crippen molar-refractivity contribution in [2.24, 2.45) is 12.9 Å². The van der Waals surface area contributed by atoms with Gasteiger partial charge in [-0.1, -0.05) is 0 Å². The van der Waals surface area contributed by atoms with Crippen molar-refractivity contribution in [3.63, 3.8) is 0 Å². The highest BCUT2D eigenvalue weighted by molar-refractivity contribution is 5.39. The summed E-state index contributed by atoms with van der Waals surface area (Å²) in [7, 11) is 1.97. The molecule has 0 saturated carbocycles. The molecule has 2 aromatic rings. The Morgan fingerprint density at radius 3 is 2.94 bits per heavy atom. The van der Waals surface area contributed by atoms with Crippen molar-refractivity contribution in [2.75, 3.05) is 5.73 Å². The van der Waals surface area contributed by atoms with Gasteiger partial charge in [0, 0.05) is 31.4 Å². The normalized spacial score (nSPS) is 12.8. The summed E-state index contributed by atoms with van der Waals surface area (Å²) in [5.74, 6) is 7.11. The number of nitrogens with two attached hydrogens (primary N) is 2. The van der Waals surface area contributed by atoms with Crippen molar-refractivity contribution >= 4 is 5.82 Å². The third-order valence-corrected chi connectivity index (χ3v) is 2.85. The van der Waals surface area contributed by atoms with Crippen molar-refractivity contribution in [2.45, 2.75) is 18.9 Å². The van der Waals surface area contributed by atoms with Crippen molar-refractivity contribution in [3.05, 3.63) is 30.0 Å². The van der Waals surface area contributed by atoms with Crippen molar-refractivity contribution in [1.82, 2.24) is 25.2 Å². The fraction of sp³-hybridized carbons (Fsp3) is 0.400. The Bertz CT molecular complexity index is 472. The molecule has 7 nitrogen and oxygen atoms in total. The number of aryl methyl sites for hydroxylation is 2. The van der Waals surface area contributed by atoms with E-state index in [4.69, 9.17) is 11.6 Å². The number of nitrogens with one attached hydrogen (secondary N) is 2. The highest BCUT2D eigenvalue weighted by atomic mass is 15.2. The van der Waals surface area contributed by atoms with E-state index in [9.17, 15) is 0 Å². The van der Waals surface area contributed by atoms with Crippen molar-refractivity contribution in [1.29, 1.82) is 0 Å². The smallest absolute Gasteiger partial charge is 0.123 e. The number of imidazole rings is 1. The number of hydrazine groups is 1. The van der Waals surface area contributed by atoms with Gasteiger partial charge in [0.2, 0.25) is 0 Å². The Labute approximate surface area is 99.2 Å². The molecule has 0 aliphatic rings. The van der Waals surface area contributed by atoms with Gasteiger partial charge in [-0.2, -0.15) is 5.10 Å². The van der Waals surface area contributed by atoms with Crippen molar-refractivity contribution in [3.8, 4) is 0 Å². The summed E-state index contributed by atoms with van der Waals surface area (Å²) in [6, 6.07) is -0.0227. The Hall–Kier alpha value is -1.86. The summed E-state index contributed by atoms with van der Waals surface area (Å²) in [6.45, 7) is 0. The lowest BCUT2D eigenvalue weighted by molar-refractivity contribution is 0.508. The standard InChI is InChI=1S/C10H17N7/c1-17-5-4-13-9(17)3-2-8(15-12)7-6-14-16-10(7)11/h4-6,8,15H,2-3,12H2,1H3,(H3,11,14,16). The largest absolute Gasteiger partial charge is 0.384 e. The molecule has 17 heavy (non-hydrogen) atoms. The molecule has 1 unspecified atom stereocenters. The van der Waals surface area contributed by atoms with Gasteiger partial charge >= 0.3 is 0 Å². The van der Waals surface area contributed by atoms with Crippen LogP contribution in [0.1, 0.15) is 23.9 Å². The lowest BCUT2D eigenvalue weighted by Crippen LogP contribution is -2.29. The molecule has 0 spiro atoms. The van der Waals surface area contributed by atoms with Gasteiger partial charge in [0.1, 0.15) is 11.6 Å². The SMILES string of the molecule is Cn1ccnc1CCC(NN)c1cn[nH]c1N. The van der Waals surface area contributed by atoms with Crippen LogP contribution in [0, 0.1) is 0 Å². The molecule has 0 aliphatic carbocycles. The predicted molar refractivity (Wildman–Crippen MR) is 64.6 cm³/mol. The number of hydrogen-bond donors (Lipinski definition) is 4. The van der Waals surface area contributed by atoms with Crippen LogP contribution in [0.3, 0.4) is 0 Å². The Kier molecular flexibility index (Phi) is 3.40. The first-order valence-electron chi connectivity index (χ1n) is 5.43. The zero-order valence-corrected chi connectivity index (χ0v) is 9.72. The fourth-order valence-electron chi connectivity index (χ4n) is 1.82. The first-order chi connectivity index (χ1) is 8.22. The van der Waals surface area contributed by atoms with E-state index in [0.29, 0.717) is 5.82 Å². The van der Waals surface area contributed by atoms with E-state index >= 15 is 0 Å². The third-order valence-electron chi connectivity index (χ3n) is 2.85. The van der Waals surface area contributed by atoms with Gasteiger partial charge in [-0.25, -0.2) is 4.98 Å². The van der Waals surface area contributed by atoms with Crippen LogP contribution in [0.2, 0.25) is 0 Å². The number of rotatable bonds is 5. The second-order valence-electron chi connectivity index (χ2n) is 3.95. The molecule has 0 aliphatic heterocycles. The Morgan fingerprint density at radius 1 is 1.59 bits per heavy atom. The maximum Gasteiger partial charge on any atom is 0.123 e. The molecule has 0 aromatic carbocycles. The molecule has 7 heteroatoms. The molecule has 0 saturated heterocycles. The number of hydrogen-bond acceptors (Lipinski definition) is 5. The first kappa shape index (κ1) is 11.6. The average molecular weight is 235 g/mol. The van der Waals surface area contributed by atoms with E-state index in [-0.39, 0.29) is 6.04 Å². The number of aromatic nitrogens is 4. The molecular weight excluding hydrogens is 218 g/mol. The highest BCUT2D eigenvalue weighted by Crippen LogP contribution is 2.21. The van der Waals surface area contributed by atoms with Crippen LogP contribution < -0.4 is 17.0 Å². The third kappa shape index (κ3) is 2.45. The molecule has 2 rings (SSSR count). The first-order valence-corrected chi connectivity index (χ1v) is 5.43. The van der Waals surface area contributed by atoms with Gasteiger partial charge < -0.3 is 10.3 Å². The lowest BCUT2D eigenvalue weighted by Gasteiger charge is -2.14. The molecule has 2 heterocycles. The summed E-state index contributed by atoms with van der Waals surface area (Å²) in [5.41, 5.74) is 9.40. The molecule has 1 atom stereocenters. The van der Waals surface area contributed by atoms with Crippen LogP contribution in [0.25, 0.3) is 0 Å². The molecule has 0 amide bonds. The predicted octanol–water partition coefficient (Wildman–Crippen LogP) is -0.137. The molecule has 2 aromatic heterocycles. The molecule has 0 fully saturated rings. The zero-order valence-electron chi connectivity index (χ0n) is 9.72. The highest BCUT2D eigenvalue weighted by Gasteiger charge is 2.15. The van der Waals surface area contributed by atoms with Gasteiger partial charge in [0.05, 0.1) is 12.2 Å². The maximum absolute atomic E-state index is 5.76. The summed E-state index contributed by atoms with van der Waals surface area (Å²) in [4.78, 5) is 4.27. The number of nitrogens with zero attached hydrogens (tertiary/aromatic N) is 3. The Balaban J connectivity index is 2.02. The average Bonchev–Trinajstić information content (AvgIpc) is 2.90. The second-order valence-corrected chi connectivity index (χ2v) is 3.95. The van der Waals surface area contributed by atoms with E-state index in [1.165, 1.54) is 0 Å². The molecule has 6 N–H and O–H groups in total. The van der Waals surface area contributed by atoms with Crippen LogP contribution in [-0.4, -0.2) is 19.7 Å². The lowest BCUT2D eigenvalue weighted by atomic mass is 10.1. The molecular formula is C10H17N7. The van der Waals surface area contributed by atoms with Gasteiger partial charge in [-0.05, 0) is 6.42 Å². The molecule has 92 valence electrons. The van der Waals surface area contributed by atoms with Gasteiger partial charge in [-0.15, -0.1) is 0 Å². The van der Waals surface area contributed by atoms with Crippen molar-refractivity contribution < 1.29 is 0 Å². The summed E-state index contributed by atoms with van der Waals surface area (Å²) in [6.07, 6.45) is 7.03. The van der Waals surface area contributed by atoms with E-state index in [1.807, 2.05) is 17.8 Å². The molecule has 0 bridgehead atoms. The van der Waals surface area contributed by atoms with Crippen LogP contribution in [0.15, 0.2) is 18.6 Å². The number of anilines is 1. The van der Waals surface area contributed by atoms with E-state index in [0.717, 1.165) is 24.2 Å². The molecule has 0 radical (unpaired) electrons. The number of aromatic amines is 1. The van der Waals surface area contributed by atoms with Crippen LogP contribution in [-0.2, 0) is 13.5 Å². The topological polar surface area (TPSA) is 111 Å². The van der Waals surface area contributed by atoms with Crippen LogP contribution in [0.5, 0.6) is 0 Å².